The van der Waals surface area contributed by atoms with Crippen molar-refractivity contribution in [3.63, 3.8) is 0 Å². The topological polar surface area (TPSA) is 107 Å². The van der Waals surface area contributed by atoms with Gasteiger partial charge in [0.15, 0.2) is 11.9 Å². The van der Waals surface area contributed by atoms with E-state index in [0.29, 0.717) is 0 Å². The van der Waals surface area contributed by atoms with Crippen molar-refractivity contribution in [1.29, 1.82) is 0 Å². The summed E-state index contributed by atoms with van der Waals surface area (Å²) in [4.78, 5) is 10.7. The van der Waals surface area contributed by atoms with Crippen LogP contribution in [0.4, 0.5) is 0 Å². The van der Waals surface area contributed by atoms with Crippen LogP contribution in [0, 0.1) is 0 Å². The molecule has 0 aromatic rings. The summed E-state index contributed by atoms with van der Waals surface area (Å²) in [5.41, 5.74) is 0. The fourth-order valence-corrected chi connectivity index (χ4v) is 0.987. The number of rotatable bonds is 2. The van der Waals surface area contributed by atoms with Gasteiger partial charge in [0.1, 0.15) is 18.3 Å². The molecule has 0 bridgehead atoms. The average Bonchev–Trinajstić information content (AvgIpc) is 2.10. The number of aliphatic hydroxyl groups excluding tert-OH is 4. The number of carbonyl (C=O) groups excluding carboxylic acids is 1. The van der Waals surface area contributed by atoms with E-state index in [2.05, 4.69) is 4.74 Å². The fraction of sp³-hybridized carbons (Fsp3) is 0.571. The third-order valence-corrected chi connectivity index (χ3v) is 1.67. The van der Waals surface area contributed by atoms with Gasteiger partial charge in [-0.1, -0.05) is 0 Å². The Morgan fingerprint density at radius 2 is 2.15 bits per heavy atom. The first kappa shape index (κ1) is 9.82. The SMILES string of the molecule is O=C1CC(O)=C(O)C(C(O)CO)O1. The number of hydrogen-bond acceptors (Lipinski definition) is 6. The summed E-state index contributed by atoms with van der Waals surface area (Å²) in [7, 11) is 0. The van der Waals surface area contributed by atoms with Crippen LogP contribution in [0.3, 0.4) is 0 Å². The predicted molar refractivity (Wildman–Crippen MR) is 39.9 cm³/mol. The van der Waals surface area contributed by atoms with Crippen LogP contribution in [0.15, 0.2) is 11.5 Å². The number of carbonyl (C=O) groups is 1. The van der Waals surface area contributed by atoms with E-state index in [-0.39, 0.29) is 0 Å². The zero-order valence-electron chi connectivity index (χ0n) is 6.67. The summed E-state index contributed by atoms with van der Waals surface area (Å²) in [5, 5.41) is 35.7. The van der Waals surface area contributed by atoms with Crippen molar-refractivity contribution in [1.82, 2.24) is 0 Å². The highest BCUT2D eigenvalue weighted by Crippen LogP contribution is 2.20. The average molecular weight is 190 g/mol. The lowest BCUT2D eigenvalue weighted by molar-refractivity contribution is -0.159. The number of ether oxygens (including phenoxy) is 1. The molecule has 0 saturated heterocycles. The Morgan fingerprint density at radius 3 is 2.69 bits per heavy atom. The molecule has 1 aliphatic heterocycles. The summed E-state index contributed by atoms with van der Waals surface area (Å²) in [6, 6.07) is 0. The highest BCUT2D eigenvalue weighted by Gasteiger charge is 2.34. The zero-order valence-corrected chi connectivity index (χ0v) is 6.67. The molecule has 0 saturated carbocycles. The van der Waals surface area contributed by atoms with Gasteiger partial charge in [-0.2, -0.15) is 0 Å². The number of aliphatic hydroxyl groups is 4. The molecule has 4 N–H and O–H groups in total. The van der Waals surface area contributed by atoms with Crippen molar-refractivity contribution < 1.29 is 30.0 Å². The predicted octanol–water partition coefficient (Wildman–Crippen LogP) is -1.02. The Labute approximate surface area is 73.7 Å². The van der Waals surface area contributed by atoms with Crippen molar-refractivity contribution >= 4 is 5.97 Å². The van der Waals surface area contributed by atoms with Gasteiger partial charge in [-0.3, -0.25) is 4.79 Å². The van der Waals surface area contributed by atoms with Gasteiger partial charge in [-0.05, 0) is 0 Å². The summed E-state index contributed by atoms with van der Waals surface area (Å²) < 4.78 is 4.50. The molecule has 0 aromatic carbocycles. The van der Waals surface area contributed by atoms with Gasteiger partial charge in [0.25, 0.3) is 0 Å². The minimum Gasteiger partial charge on any atom is -0.508 e. The van der Waals surface area contributed by atoms with Crippen LogP contribution in [0.25, 0.3) is 0 Å². The van der Waals surface area contributed by atoms with Crippen molar-refractivity contribution in [2.45, 2.75) is 18.6 Å². The molecule has 1 aliphatic rings. The van der Waals surface area contributed by atoms with E-state index in [0.717, 1.165) is 0 Å². The van der Waals surface area contributed by atoms with Gasteiger partial charge < -0.3 is 25.2 Å². The molecule has 0 amide bonds. The Bertz CT molecular complexity index is 245. The van der Waals surface area contributed by atoms with Crippen LogP contribution >= 0.6 is 0 Å². The van der Waals surface area contributed by atoms with E-state index < -0.39 is 42.7 Å². The zero-order chi connectivity index (χ0) is 10.0. The number of hydrogen-bond donors (Lipinski definition) is 4. The van der Waals surface area contributed by atoms with Gasteiger partial charge >= 0.3 is 5.97 Å². The highest BCUT2D eigenvalue weighted by molar-refractivity contribution is 5.73. The molecular weight excluding hydrogens is 180 g/mol. The molecule has 0 aromatic heterocycles. The lowest BCUT2D eigenvalue weighted by Crippen LogP contribution is -2.39. The van der Waals surface area contributed by atoms with Crippen LogP contribution in [0.1, 0.15) is 6.42 Å². The van der Waals surface area contributed by atoms with Crippen LogP contribution in [-0.4, -0.2) is 45.2 Å². The third kappa shape index (κ3) is 1.90. The molecule has 6 heteroatoms. The first-order valence-electron chi connectivity index (χ1n) is 3.65. The van der Waals surface area contributed by atoms with E-state index in [1.807, 2.05) is 0 Å². The van der Waals surface area contributed by atoms with E-state index >= 15 is 0 Å². The normalized spacial score (nSPS) is 25.7. The molecule has 0 aliphatic carbocycles. The minimum absolute atomic E-state index is 0.416. The molecule has 2 atom stereocenters. The number of esters is 1. The number of cyclic esters (lactones) is 1. The van der Waals surface area contributed by atoms with Crippen LogP contribution in [-0.2, 0) is 9.53 Å². The van der Waals surface area contributed by atoms with E-state index in [4.69, 9.17) is 20.4 Å². The van der Waals surface area contributed by atoms with Gasteiger partial charge in [0.05, 0.1) is 6.61 Å². The molecule has 74 valence electrons. The van der Waals surface area contributed by atoms with E-state index in [1.54, 1.807) is 0 Å². The fourth-order valence-electron chi connectivity index (χ4n) is 0.987. The van der Waals surface area contributed by atoms with Crippen LogP contribution < -0.4 is 0 Å². The van der Waals surface area contributed by atoms with Crippen molar-refractivity contribution in [3.8, 4) is 0 Å². The van der Waals surface area contributed by atoms with Crippen LogP contribution in [0.2, 0.25) is 0 Å². The Morgan fingerprint density at radius 1 is 1.54 bits per heavy atom. The second kappa shape index (κ2) is 3.63. The Hall–Kier alpha value is -1.27. The summed E-state index contributed by atoms with van der Waals surface area (Å²) >= 11 is 0. The van der Waals surface area contributed by atoms with Gasteiger partial charge in [0.2, 0.25) is 0 Å². The van der Waals surface area contributed by atoms with Crippen molar-refractivity contribution in [2.24, 2.45) is 0 Å². The second-order valence-electron chi connectivity index (χ2n) is 2.67. The smallest absolute Gasteiger partial charge is 0.314 e. The molecule has 1 rings (SSSR count). The van der Waals surface area contributed by atoms with Crippen molar-refractivity contribution in [2.75, 3.05) is 6.61 Å². The van der Waals surface area contributed by atoms with Gasteiger partial charge in [0, 0.05) is 0 Å². The molecule has 2 unspecified atom stereocenters. The molecule has 6 nitrogen and oxygen atoms in total. The quantitative estimate of drug-likeness (QED) is 0.415. The maximum absolute atomic E-state index is 10.7. The second-order valence-corrected chi connectivity index (χ2v) is 2.67. The summed E-state index contributed by atoms with van der Waals surface area (Å²) in [6.45, 7) is -0.671. The van der Waals surface area contributed by atoms with Gasteiger partial charge in [-0.15, -0.1) is 0 Å². The Kier molecular flexibility index (Phi) is 2.74. The summed E-state index contributed by atoms with van der Waals surface area (Å²) in [6.07, 6.45) is -3.21. The lowest BCUT2D eigenvalue weighted by Gasteiger charge is -2.25. The monoisotopic (exact) mass is 190 g/mol. The maximum Gasteiger partial charge on any atom is 0.314 e. The van der Waals surface area contributed by atoms with Crippen LogP contribution in [0.5, 0.6) is 0 Å². The van der Waals surface area contributed by atoms with E-state index in [9.17, 15) is 4.79 Å². The molecule has 1 heterocycles. The first-order chi connectivity index (χ1) is 6.06. The lowest BCUT2D eigenvalue weighted by atomic mass is 10.1. The molecule has 0 spiro atoms. The molecular formula is C7H10O6. The Balaban J connectivity index is 2.84. The molecule has 13 heavy (non-hydrogen) atoms. The summed E-state index contributed by atoms with van der Waals surface area (Å²) in [5.74, 6) is -1.90. The molecule has 0 radical (unpaired) electrons. The van der Waals surface area contributed by atoms with E-state index in [1.165, 1.54) is 0 Å². The highest BCUT2D eigenvalue weighted by atomic mass is 16.6. The maximum atomic E-state index is 10.7. The standard InChI is InChI=1S/C7H10O6/c8-2-4(10)7-6(12)3(9)1-5(11)13-7/h4,7-10,12H,1-2H2. The van der Waals surface area contributed by atoms with Crippen molar-refractivity contribution in [3.05, 3.63) is 11.5 Å². The largest absolute Gasteiger partial charge is 0.508 e. The molecule has 0 fully saturated rings. The first-order valence-corrected chi connectivity index (χ1v) is 3.65. The van der Waals surface area contributed by atoms with Gasteiger partial charge in [-0.25, -0.2) is 0 Å². The third-order valence-electron chi connectivity index (χ3n) is 1.67. The minimum atomic E-state index is -1.42.